The third kappa shape index (κ3) is 3.47. The minimum atomic E-state index is -4.29. The number of para-hydroxylation sites is 2. The molecule has 0 saturated heterocycles. The maximum Gasteiger partial charge on any atom is 0.266 e. The number of hydrogen-bond donors (Lipinski definition) is 2. The summed E-state index contributed by atoms with van der Waals surface area (Å²) in [6, 6.07) is 9.35. The molecule has 1 aliphatic heterocycles. The molecule has 7 nitrogen and oxygen atoms in total. The van der Waals surface area contributed by atoms with Crippen molar-refractivity contribution in [1.82, 2.24) is 5.32 Å². The summed E-state index contributed by atoms with van der Waals surface area (Å²) in [7, 11) is -2.88. The number of nitrogens with zero attached hydrogens (tertiary/aromatic N) is 1. The maximum absolute atomic E-state index is 13.4. The number of sulfonamides is 1. The van der Waals surface area contributed by atoms with E-state index in [0.717, 1.165) is 4.31 Å². The van der Waals surface area contributed by atoms with Crippen LogP contribution in [-0.4, -0.2) is 33.3 Å². The SMILES string of the molecule is CNC(=O)CC1C(=O)Nc2ccccc2N1S(=O)(=O)c1cccc(Cl)c1Cl. The van der Waals surface area contributed by atoms with Crippen LogP contribution in [-0.2, 0) is 19.6 Å². The first-order valence-corrected chi connectivity index (χ1v) is 10.1. The fourth-order valence-corrected chi connectivity index (χ4v) is 5.17. The number of nitrogens with one attached hydrogen (secondary N) is 2. The highest BCUT2D eigenvalue weighted by molar-refractivity contribution is 7.93. The Hall–Kier alpha value is -2.29. The van der Waals surface area contributed by atoms with Crippen molar-refractivity contribution in [3.8, 4) is 0 Å². The van der Waals surface area contributed by atoms with Crippen molar-refractivity contribution in [2.75, 3.05) is 16.7 Å². The number of amides is 2. The largest absolute Gasteiger partial charge is 0.359 e. The molecule has 142 valence electrons. The smallest absolute Gasteiger partial charge is 0.266 e. The van der Waals surface area contributed by atoms with Crippen molar-refractivity contribution in [3.63, 3.8) is 0 Å². The Balaban J connectivity index is 2.22. The molecule has 27 heavy (non-hydrogen) atoms. The first-order valence-electron chi connectivity index (χ1n) is 7.86. The summed E-state index contributed by atoms with van der Waals surface area (Å²) in [5.74, 6) is -1.09. The Labute approximate surface area is 166 Å². The molecule has 2 aromatic carbocycles. The minimum Gasteiger partial charge on any atom is -0.359 e. The Morgan fingerprint density at radius 1 is 1.19 bits per heavy atom. The summed E-state index contributed by atoms with van der Waals surface area (Å²) in [6.07, 6.45) is -0.353. The van der Waals surface area contributed by atoms with Crippen LogP contribution in [0.3, 0.4) is 0 Å². The second-order valence-electron chi connectivity index (χ2n) is 5.75. The molecule has 0 radical (unpaired) electrons. The van der Waals surface area contributed by atoms with E-state index in [0.29, 0.717) is 5.69 Å². The Morgan fingerprint density at radius 2 is 1.89 bits per heavy atom. The minimum absolute atomic E-state index is 0.0651. The van der Waals surface area contributed by atoms with Crippen LogP contribution in [0.1, 0.15) is 6.42 Å². The van der Waals surface area contributed by atoms with E-state index in [1.807, 2.05) is 0 Å². The van der Waals surface area contributed by atoms with E-state index in [-0.39, 0.29) is 27.0 Å². The predicted molar refractivity (Wildman–Crippen MR) is 104 cm³/mol. The second-order valence-corrected chi connectivity index (χ2v) is 8.32. The van der Waals surface area contributed by atoms with Crippen LogP contribution in [0.5, 0.6) is 0 Å². The van der Waals surface area contributed by atoms with Gasteiger partial charge in [-0.2, -0.15) is 0 Å². The molecule has 0 aliphatic carbocycles. The molecule has 1 aliphatic rings. The monoisotopic (exact) mass is 427 g/mol. The van der Waals surface area contributed by atoms with E-state index >= 15 is 0 Å². The lowest BCUT2D eigenvalue weighted by molar-refractivity contribution is -0.124. The number of carbonyl (C=O) groups is 2. The van der Waals surface area contributed by atoms with Crippen molar-refractivity contribution in [3.05, 3.63) is 52.5 Å². The van der Waals surface area contributed by atoms with Gasteiger partial charge in [0.1, 0.15) is 10.9 Å². The molecule has 0 saturated carbocycles. The van der Waals surface area contributed by atoms with Gasteiger partial charge in [0.15, 0.2) is 0 Å². The van der Waals surface area contributed by atoms with Crippen LogP contribution >= 0.6 is 23.2 Å². The summed E-state index contributed by atoms with van der Waals surface area (Å²) in [5, 5.41) is 4.95. The van der Waals surface area contributed by atoms with Crippen molar-refractivity contribution in [2.24, 2.45) is 0 Å². The molecule has 1 unspecified atom stereocenters. The zero-order chi connectivity index (χ0) is 19.8. The zero-order valence-electron chi connectivity index (χ0n) is 14.1. The van der Waals surface area contributed by atoms with Gasteiger partial charge >= 0.3 is 0 Å². The lowest BCUT2D eigenvalue weighted by Gasteiger charge is -2.36. The zero-order valence-corrected chi connectivity index (χ0v) is 16.4. The van der Waals surface area contributed by atoms with Crippen LogP contribution in [0.2, 0.25) is 10.0 Å². The molecule has 2 aromatic rings. The van der Waals surface area contributed by atoms with E-state index in [9.17, 15) is 18.0 Å². The van der Waals surface area contributed by atoms with Gasteiger partial charge in [-0.3, -0.25) is 13.9 Å². The fourth-order valence-electron chi connectivity index (χ4n) is 2.80. The molecule has 0 spiro atoms. The van der Waals surface area contributed by atoms with E-state index in [2.05, 4.69) is 10.6 Å². The van der Waals surface area contributed by atoms with E-state index in [1.165, 1.54) is 25.2 Å². The predicted octanol–water partition coefficient (Wildman–Crippen LogP) is 2.65. The number of carbonyl (C=O) groups excluding carboxylic acids is 2. The topological polar surface area (TPSA) is 95.6 Å². The van der Waals surface area contributed by atoms with Crippen LogP contribution in [0.4, 0.5) is 11.4 Å². The van der Waals surface area contributed by atoms with Gasteiger partial charge < -0.3 is 10.6 Å². The quantitative estimate of drug-likeness (QED) is 0.783. The average Bonchev–Trinajstić information content (AvgIpc) is 2.63. The van der Waals surface area contributed by atoms with Gasteiger partial charge in [-0.15, -0.1) is 0 Å². The van der Waals surface area contributed by atoms with Gasteiger partial charge in [0.25, 0.3) is 10.0 Å². The molecule has 0 bridgehead atoms. The van der Waals surface area contributed by atoms with Gasteiger partial charge in [0.2, 0.25) is 11.8 Å². The maximum atomic E-state index is 13.4. The number of hydrogen-bond acceptors (Lipinski definition) is 4. The highest BCUT2D eigenvalue weighted by atomic mass is 35.5. The molecule has 10 heteroatoms. The number of rotatable bonds is 4. The molecule has 0 fully saturated rings. The molecule has 0 aromatic heterocycles. The average molecular weight is 428 g/mol. The standard InChI is InChI=1S/C17H15Cl2N3O4S/c1-20-15(23)9-13-17(24)21-11-6-2-3-7-12(11)22(13)27(25,26)14-8-4-5-10(18)16(14)19/h2-8,13H,9H2,1H3,(H,20,23)(H,21,24). The Bertz CT molecular complexity index is 1030. The van der Waals surface area contributed by atoms with Crippen LogP contribution in [0.15, 0.2) is 47.4 Å². The lowest BCUT2D eigenvalue weighted by atomic mass is 10.1. The third-order valence-corrected chi connectivity index (χ3v) is 6.89. The van der Waals surface area contributed by atoms with Crippen molar-refractivity contribution in [2.45, 2.75) is 17.4 Å². The van der Waals surface area contributed by atoms with Gasteiger partial charge in [-0.1, -0.05) is 41.4 Å². The van der Waals surface area contributed by atoms with Crippen molar-refractivity contribution < 1.29 is 18.0 Å². The summed E-state index contributed by atoms with van der Waals surface area (Å²) < 4.78 is 27.8. The molecule has 1 atom stereocenters. The normalized spacial score (nSPS) is 16.5. The molecule has 2 amide bonds. The molecule has 3 rings (SSSR count). The van der Waals surface area contributed by atoms with Crippen molar-refractivity contribution >= 4 is 56.4 Å². The lowest BCUT2D eigenvalue weighted by Crippen LogP contribution is -2.52. The van der Waals surface area contributed by atoms with Crippen LogP contribution in [0.25, 0.3) is 0 Å². The molecule has 2 N–H and O–H groups in total. The van der Waals surface area contributed by atoms with E-state index < -0.39 is 27.9 Å². The second kappa shape index (κ2) is 7.38. The summed E-state index contributed by atoms with van der Waals surface area (Å²) in [6.45, 7) is 0. The van der Waals surface area contributed by atoms with Gasteiger partial charge in [-0.25, -0.2) is 8.42 Å². The van der Waals surface area contributed by atoms with Gasteiger partial charge in [0.05, 0.1) is 27.8 Å². The Kier molecular flexibility index (Phi) is 5.32. The first-order chi connectivity index (χ1) is 12.8. The van der Waals surface area contributed by atoms with Crippen LogP contribution < -0.4 is 14.9 Å². The number of anilines is 2. The van der Waals surface area contributed by atoms with Gasteiger partial charge in [-0.05, 0) is 24.3 Å². The summed E-state index contributed by atoms with van der Waals surface area (Å²) >= 11 is 12.1. The number of benzene rings is 2. The highest BCUT2D eigenvalue weighted by Crippen LogP contribution is 2.39. The van der Waals surface area contributed by atoms with Crippen molar-refractivity contribution in [1.29, 1.82) is 0 Å². The highest BCUT2D eigenvalue weighted by Gasteiger charge is 2.42. The summed E-state index contributed by atoms with van der Waals surface area (Å²) in [5.41, 5.74) is 0.555. The molecular weight excluding hydrogens is 413 g/mol. The van der Waals surface area contributed by atoms with E-state index in [4.69, 9.17) is 23.2 Å². The third-order valence-electron chi connectivity index (χ3n) is 4.10. The Morgan fingerprint density at radius 3 is 2.59 bits per heavy atom. The molecular formula is C17H15Cl2N3O4S. The van der Waals surface area contributed by atoms with E-state index in [1.54, 1.807) is 24.3 Å². The van der Waals surface area contributed by atoms with Gasteiger partial charge in [0, 0.05) is 7.05 Å². The number of fused-ring (bicyclic) bond motifs is 1. The molecule has 1 heterocycles. The summed E-state index contributed by atoms with van der Waals surface area (Å²) in [4.78, 5) is 24.3. The number of halogens is 2. The van der Waals surface area contributed by atoms with Crippen LogP contribution in [0, 0.1) is 0 Å². The first kappa shape index (κ1) is 19.5. The fraction of sp³-hybridized carbons (Fsp3) is 0.176.